The number of halogens is 1. The highest BCUT2D eigenvalue weighted by Gasteiger charge is 2.02. The van der Waals surface area contributed by atoms with Gasteiger partial charge in [-0.3, -0.25) is 0 Å². The van der Waals surface area contributed by atoms with Crippen molar-refractivity contribution in [2.24, 2.45) is 0 Å². The number of nitrogens with zero attached hydrogens (tertiary/aromatic N) is 1. The first-order chi connectivity index (χ1) is 6.63. The van der Waals surface area contributed by atoms with Crippen LogP contribution in [0.5, 0.6) is 0 Å². The highest BCUT2D eigenvalue weighted by molar-refractivity contribution is 9.10. The van der Waals surface area contributed by atoms with E-state index in [-0.39, 0.29) is 5.57 Å². The smallest absolute Gasteiger partial charge is 0.329 e. The molecule has 1 N–H and O–H groups in total. The van der Waals surface area contributed by atoms with Gasteiger partial charge in [0, 0.05) is 10.5 Å². The zero-order valence-electron chi connectivity index (χ0n) is 7.07. The summed E-state index contributed by atoms with van der Waals surface area (Å²) < 4.78 is 0.883. The van der Waals surface area contributed by atoms with Crippen LogP contribution >= 0.6 is 15.9 Å². The first-order valence-corrected chi connectivity index (χ1v) is 4.53. The van der Waals surface area contributed by atoms with E-state index in [1.165, 1.54) is 0 Å². The molecule has 0 radical (unpaired) electrons. The number of rotatable bonds is 2. The fourth-order valence-electron chi connectivity index (χ4n) is 0.933. The molecule has 1 aromatic carbocycles. The zero-order valence-corrected chi connectivity index (χ0v) is 8.65. The highest BCUT2D eigenvalue weighted by atomic mass is 79.9. The van der Waals surface area contributed by atoms with E-state index in [0.717, 1.165) is 10.5 Å². The molecule has 0 saturated carbocycles. The van der Waals surface area contributed by atoms with Crippen LogP contribution in [-0.4, -0.2) is 11.1 Å². The van der Waals surface area contributed by atoms with Crippen molar-refractivity contribution in [3.63, 3.8) is 0 Å². The molecule has 0 aromatic heterocycles. The zero-order chi connectivity index (χ0) is 10.6. The van der Waals surface area contributed by atoms with Crippen LogP contribution in [0.25, 0.3) is 5.57 Å². The van der Waals surface area contributed by atoms with Crippen molar-refractivity contribution in [1.29, 1.82) is 5.26 Å². The van der Waals surface area contributed by atoms with E-state index in [4.69, 9.17) is 10.4 Å². The molecule has 4 heteroatoms. The lowest BCUT2D eigenvalue weighted by molar-refractivity contribution is -0.131. The molecule has 0 spiro atoms. The molecule has 1 aromatic rings. The Balaban J connectivity index is 3.09. The van der Waals surface area contributed by atoms with Gasteiger partial charge in [0.2, 0.25) is 0 Å². The van der Waals surface area contributed by atoms with Crippen molar-refractivity contribution in [3.05, 3.63) is 40.4 Å². The minimum Gasteiger partial charge on any atom is -0.478 e. The van der Waals surface area contributed by atoms with Crippen LogP contribution in [0.15, 0.2) is 34.8 Å². The normalized spacial score (nSPS) is 10.7. The minimum absolute atomic E-state index is 0.144. The predicted octanol–water partition coefficient (Wildman–Crippen LogP) is 2.44. The lowest BCUT2D eigenvalue weighted by Crippen LogP contribution is -1.90. The molecule has 0 aliphatic heterocycles. The first kappa shape index (κ1) is 10.5. The Labute approximate surface area is 89.4 Å². The summed E-state index contributed by atoms with van der Waals surface area (Å²) in [5, 5.41) is 17.2. The highest BCUT2D eigenvalue weighted by Crippen LogP contribution is 2.17. The third-order valence-corrected chi connectivity index (χ3v) is 2.07. The van der Waals surface area contributed by atoms with Crippen molar-refractivity contribution >= 4 is 27.5 Å². The van der Waals surface area contributed by atoms with Gasteiger partial charge in [0.1, 0.15) is 6.07 Å². The Hall–Kier alpha value is -1.60. The average Bonchev–Trinajstić information content (AvgIpc) is 2.15. The largest absolute Gasteiger partial charge is 0.478 e. The summed E-state index contributed by atoms with van der Waals surface area (Å²) in [6.45, 7) is 0. The summed E-state index contributed by atoms with van der Waals surface area (Å²) in [4.78, 5) is 10.4. The maximum Gasteiger partial charge on any atom is 0.329 e. The Bertz CT molecular complexity index is 415. The van der Waals surface area contributed by atoms with E-state index in [9.17, 15) is 4.79 Å². The quantitative estimate of drug-likeness (QED) is 0.649. The summed E-state index contributed by atoms with van der Waals surface area (Å²) in [7, 11) is 0. The molecule has 0 bridgehead atoms. The molecule has 0 atom stereocenters. The second-order valence-corrected chi connectivity index (χ2v) is 3.43. The van der Waals surface area contributed by atoms with Crippen molar-refractivity contribution in [1.82, 2.24) is 0 Å². The maximum absolute atomic E-state index is 10.4. The van der Waals surface area contributed by atoms with Gasteiger partial charge >= 0.3 is 5.97 Å². The molecule has 14 heavy (non-hydrogen) atoms. The van der Waals surface area contributed by atoms with Gasteiger partial charge < -0.3 is 5.11 Å². The van der Waals surface area contributed by atoms with Gasteiger partial charge in [-0.15, -0.1) is 0 Å². The first-order valence-electron chi connectivity index (χ1n) is 3.74. The summed E-state index contributed by atoms with van der Waals surface area (Å²) >= 11 is 3.25. The Morgan fingerprint density at radius 1 is 1.43 bits per heavy atom. The fourth-order valence-corrected chi connectivity index (χ4v) is 1.20. The Morgan fingerprint density at radius 3 is 2.43 bits per heavy atom. The molecule has 70 valence electrons. The van der Waals surface area contributed by atoms with E-state index in [2.05, 4.69) is 15.9 Å². The number of hydrogen-bond donors (Lipinski definition) is 1. The predicted molar refractivity (Wildman–Crippen MR) is 55.4 cm³/mol. The number of carboxylic acid groups (broad SMARTS) is 1. The van der Waals surface area contributed by atoms with Crippen molar-refractivity contribution in [2.75, 3.05) is 0 Å². The SMILES string of the molecule is N#C/C(=C\C(=O)O)c1ccc(Br)cc1. The fraction of sp³-hybridized carbons (Fsp3) is 0. The van der Waals surface area contributed by atoms with Crippen LogP contribution in [0.4, 0.5) is 0 Å². The number of carboxylic acids is 1. The maximum atomic E-state index is 10.4. The standard InChI is InChI=1S/C10H6BrNO2/c11-9-3-1-7(2-4-9)8(6-12)5-10(13)14/h1-5H,(H,13,14)/b8-5+. The molecule has 0 aliphatic carbocycles. The Kier molecular flexibility index (Phi) is 3.43. The van der Waals surface area contributed by atoms with Crippen molar-refractivity contribution in [2.45, 2.75) is 0 Å². The van der Waals surface area contributed by atoms with Crippen molar-refractivity contribution < 1.29 is 9.90 Å². The second kappa shape index (κ2) is 4.58. The van der Waals surface area contributed by atoms with Gasteiger partial charge in [-0.1, -0.05) is 28.1 Å². The lowest BCUT2D eigenvalue weighted by atomic mass is 10.1. The second-order valence-electron chi connectivity index (χ2n) is 2.51. The van der Waals surface area contributed by atoms with Gasteiger partial charge in [0.05, 0.1) is 5.57 Å². The van der Waals surface area contributed by atoms with Gasteiger partial charge in [-0.05, 0) is 17.7 Å². The van der Waals surface area contributed by atoms with E-state index in [1.807, 2.05) is 6.07 Å². The van der Waals surface area contributed by atoms with Gasteiger partial charge in [-0.2, -0.15) is 5.26 Å². The van der Waals surface area contributed by atoms with Crippen molar-refractivity contribution in [3.8, 4) is 6.07 Å². The van der Waals surface area contributed by atoms with Crippen LogP contribution in [0.3, 0.4) is 0 Å². The summed E-state index contributed by atoms with van der Waals surface area (Å²) in [6.07, 6.45) is 0.892. The van der Waals surface area contributed by atoms with E-state index < -0.39 is 5.97 Å². The van der Waals surface area contributed by atoms with E-state index >= 15 is 0 Å². The molecule has 0 amide bonds. The van der Waals surface area contributed by atoms with Crippen LogP contribution in [-0.2, 0) is 4.79 Å². The number of benzene rings is 1. The number of nitriles is 1. The molecule has 0 heterocycles. The van der Waals surface area contributed by atoms with Crippen LogP contribution in [0.2, 0.25) is 0 Å². The van der Waals surface area contributed by atoms with Crippen LogP contribution in [0.1, 0.15) is 5.56 Å². The summed E-state index contributed by atoms with van der Waals surface area (Å²) in [5.41, 5.74) is 0.739. The monoisotopic (exact) mass is 251 g/mol. The summed E-state index contributed by atoms with van der Waals surface area (Å²) in [6, 6.07) is 8.70. The number of aliphatic carboxylic acids is 1. The minimum atomic E-state index is -1.12. The lowest BCUT2D eigenvalue weighted by Gasteiger charge is -1.97. The van der Waals surface area contributed by atoms with Crippen LogP contribution < -0.4 is 0 Å². The molecule has 3 nitrogen and oxygen atoms in total. The number of hydrogen-bond acceptors (Lipinski definition) is 2. The molecular formula is C10H6BrNO2. The molecule has 0 fully saturated rings. The molecule has 1 rings (SSSR count). The summed E-state index contributed by atoms with van der Waals surface area (Å²) in [5.74, 6) is -1.12. The van der Waals surface area contributed by atoms with Gasteiger partial charge in [0.25, 0.3) is 0 Å². The van der Waals surface area contributed by atoms with Gasteiger partial charge in [-0.25, -0.2) is 4.79 Å². The molecule has 0 saturated heterocycles. The third-order valence-electron chi connectivity index (χ3n) is 1.54. The topological polar surface area (TPSA) is 61.1 Å². The molecule has 0 unspecified atom stereocenters. The number of carbonyl (C=O) groups is 1. The third kappa shape index (κ3) is 2.71. The van der Waals surface area contributed by atoms with E-state index in [0.29, 0.717) is 5.56 Å². The van der Waals surface area contributed by atoms with Gasteiger partial charge in [0.15, 0.2) is 0 Å². The average molecular weight is 252 g/mol. The van der Waals surface area contributed by atoms with E-state index in [1.54, 1.807) is 24.3 Å². The Morgan fingerprint density at radius 2 is 2.00 bits per heavy atom. The molecule has 0 aliphatic rings. The number of allylic oxidation sites excluding steroid dienone is 1. The van der Waals surface area contributed by atoms with Crippen LogP contribution in [0, 0.1) is 11.3 Å². The molecular weight excluding hydrogens is 246 g/mol.